The van der Waals surface area contributed by atoms with E-state index >= 15 is 0 Å². The number of aromatic nitrogens is 1. The fourth-order valence-electron chi connectivity index (χ4n) is 1.43. The van der Waals surface area contributed by atoms with Crippen molar-refractivity contribution >= 4 is 17.0 Å². The van der Waals surface area contributed by atoms with Gasteiger partial charge in [-0.05, 0) is 6.07 Å². The summed E-state index contributed by atoms with van der Waals surface area (Å²) in [5.74, 6) is 0. The minimum Gasteiger partial charge on any atom is -0.529 e. The van der Waals surface area contributed by atoms with Gasteiger partial charge in [0, 0.05) is 5.52 Å². The molecule has 1 aromatic heterocycles. The zero-order valence-corrected chi connectivity index (χ0v) is 8.86. The Morgan fingerprint density at radius 1 is 1.27 bits per heavy atom. The van der Waals surface area contributed by atoms with Crippen molar-refractivity contribution < 1.29 is 47.6 Å². The fourth-order valence-corrected chi connectivity index (χ4v) is 1.43. The molecule has 0 radical (unpaired) electrons. The third-order valence-corrected chi connectivity index (χ3v) is 1.97. The van der Waals surface area contributed by atoms with Crippen molar-refractivity contribution in [2.75, 3.05) is 0 Å². The predicted octanol–water partition coefficient (Wildman–Crippen LogP) is -4.98. The van der Waals surface area contributed by atoms with E-state index in [1.54, 1.807) is 18.2 Å². The van der Waals surface area contributed by atoms with Crippen LogP contribution in [0.4, 0.5) is 4.79 Å². The Labute approximate surface area is 112 Å². The van der Waals surface area contributed by atoms with Gasteiger partial charge in [0.2, 0.25) is 0 Å². The SMILES string of the molecule is [CH2-]c1cc2ccccc2n1C(=O)[O-].[Li+].[Li+]. The van der Waals surface area contributed by atoms with Gasteiger partial charge in [-0.15, -0.1) is 5.69 Å². The Morgan fingerprint density at radius 3 is 2.47 bits per heavy atom. The number of nitrogens with zero attached hydrogens (tertiary/aromatic N) is 1. The van der Waals surface area contributed by atoms with Crippen molar-refractivity contribution in [1.29, 1.82) is 0 Å². The first kappa shape index (κ1) is 14.3. The topological polar surface area (TPSA) is 45.1 Å². The van der Waals surface area contributed by atoms with Crippen LogP contribution in [-0.2, 0) is 0 Å². The van der Waals surface area contributed by atoms with Gasteiger partial charge in [0.1, 0.15) is 6.09 Å². The Bertz CT molecular complexity index is 479. The largest absolute Gasteiger partial charge is 1.00 e. The minimum absolute atomic E-state index is 0. The zero-order valence-electron chi connectivity index (χ0n) is 8.86. The fraction of sp³-hybridized carbons (Fsp3) is 0. The molecule has 0 fully saturated rings. The second kappa shape index (κ2) is 5.40. The van der Waals surface area contributed by atoms with Crippen molar-refractivity contribution in [3.63, 3.8) is 0 Å². The van der Waals surface area contributed by atoms with Crippen molar-refractivity contribution in [2.45, 2.75) is 0 Å². The van der Waals surface area contributed by atoms with Gasteiger partial charge in [0.05, 0.1) is 0 Å². The monoisotopic (exact) mass is 187 g/mol. The summed E-state index contributed by atoms with van der Waals surface area (Å²) in [6.07, 6.45) is -1.24. The zero-order chi connectivity index (χ0) is 9.42. The molecule has 5 heteroatoms. The number of hydrogen-bond acceptors (Lipinski definition) is 2. The molecule has 0 N–H and O–H groups in total. The van der Waals surface area contributed by atoms with Gasteiger partial charge in [0.15, 0.2) is 0 Å². The van der Waals surface area contributed by atoms with E-state index in [4.69, 9.17) is 0 Å². The van der Waals surface area contributed by atoms with E-state index in [2.05, 4.69) is 6.92 Å². The number of carboxylic acid groups (broad SMARTS) is 1. The summed E-state index contributed by atoms with van der Waals surface area (Å²) in [7, 11) is 0. The van der Waals surface area contributed by atoms with Gasteiger partial charge in [0.25, 0.3) is 0 Å². The van der Waals surface area contributed by atoms with Crippen LogP contribution >= 0.6 is 0 Å². The molecule has 0 unspecified atom stereocenters. The molecule has 1 heterocycles. The maximum absolute atomic E-state index is 10.7. The van der Waals surface area contributed by atoms with Crippen molar-refractivity contribution in [3.8, 4) is 0 Å². The molecular formula is C10H7Li2NO2. The van der Waals surface area contributed by atoms with E-state index in [0.717, 1.165) is 9.95 Å². The van der Waals surface area contributed by atoms with Crippen LogP contribution < -0.4 is 42.8 Å². The van der Waals surface area contributed by atoms with Crippen molar-refractivity contribution in [2.24, 2.45) is 0 Å². The molecule has 0 saturated carbocycles. The average molecular weight is 187 g/mol. The molecule has 0 aliphatic rings. The Balaban J connectivity index is 0.000000980. The van der Waals surface area contributed by atoms with Crippen molar-refractivity contribution in [1.82, 2.24) is 4.57 Å². The van der Waals surface area contributed by atoms with Gasteiger partial charge in [-0.25, -0.2) is 6.92 Å². The molecule has 0 bridgehead atoms. The quantitative estimate of drug-likeness (QED) is 0.306. The number of para-hydroxylation sites is 1. The first-order valence-electron chi connectivity index (χ1n) is 3.84. The number of carbonyl (C=O) groups is 1. The van der Waals surface area contributed by atoms with Crippen LogP contribution in [-0.4, -0.2) is 10.7 Å². The van der Waals surface area contributed by atoms with Crippen LogP contribution in [0.3, 0.4) is 0 Å². The molecule has 15 heavy (non-hydrogen) atoms. The maximum atomic E-state index is 10.7. The van der Waals surface area contributed by atoms with Crippen LogP contribution in [0.25, 0.3) is 10.9 Å². The van der Waals surface area contributed by atoms with Gasteiger partial charge >= 0.3 is 37.7 Å². The summed E-state index contributed by atoms with van der Waals surface area (Å²) in [4.78, 5) is 10.7. The Kier molecular flexibility index (Phi) is 5.14. The Morgan fingerprint density at radius 2 is 1.87 bits per heavy atom. The summed E-state index contributed by atoms with van der Waals surface area (Å²) in [5.41, 5.74) is 1.05. The normalized spacial score (nSPS) is 9.07. The molecule has 2 rings (SSSR count). The van der Waals surface area contributed by atoms with Gasteiger partial charge in [-0.2, -0.15) is 6.07 Å². The maximum Gasteiger partial charge on any atom is 1.00 e. The van der Waals surface area contributed by atoms with E-state index in [0.29, 0.717) is 11.2 Å². The first-order valence-corrected chi connectivity index (χ1v) is 3.84. The van der Waals surface area contributed by atoms with E-state index < -0.39 is 6.09 Å². The second-order valence-electron chi connectivity index (χ2n) is 2.80. The summed E-state index contributed by atoms with van der Waals surface area (Å²) < 4.78 is 1.06. The van der Waals surface area contributed by atoms with E-state index in [1.807, 2.05) is 12.1 Å². The number of hydrogen-bond donors (Lipinski definition) is 0. The van der Waals surface area contributed by atoms with E-state index in [-0.39, 0.29) is 37.7 Å². The first-order chi connectivity index (χ1) is 6.20. The third-order valence-electron chi connectivity index (χ3n) is 1.97. The van der Waals surface area contributed by atoms with Crippen LogP contribution in [0.1, 0.15) is 5.69 Å². The standard InChI is InChI=1S/C10H8NO2.2Li/c1-7-6-8-4-2-3-5-9(8)11(7)10(12)13;;/h2-6H,1H2,(H,12,13);;/q-1;2*+1/p-1. The molecule has 0 aliphatic heterocycles. The van der Waals surface area contributed by atoms with Crippen LogP contribution in [0.5, 0.6) is 0 Å². The summed E-state index contributed by atoms with van der Waals surface area (Å²) in [5, 5.41) is 11.6. The summed E-state index contributed by atoms with van der Waals surface area (Å²) >= 11 is 0. The molecule has 2 aromatic rings. The number of rotatable bonds is 0. The van der Waals surface area contributed by atoms with Gasteiger partial charge in [-0.3, -0.25) is 0 Å². The van der Waals surface area contributed by atoms with Crippen LogP contribution in [0, 0.1) is 6.92 Å². The molecular weight excluding hydrogens is 180 g/mol. The van der Waals surface area contributed by atoms with E-state index in [9.17, 15) is 9.90 Å². The molecule has 0 spiro atoms. The third kappa shape index (κ3) is 2.45. The average Bonchev–Trinajstić information content (AvgIpc) is 2.39. The number of carbonyl (C=O) groups excluding carboxylic acids is 1. The molecule has 0 saturated heterocycles. The molecule has 1 aromatic carbocycles. The molecule has 0 amide bonds. The molecule has 66 valence electrons. The number of fused-ring (bicyclic) bond motifs is 1. The minimum atomic E-state index is -1.24. The van der Waals surface area contributed by atoms with Crippen molar-refractivity contribution in [3.05, 3.63) is 42.9 Å². The molecule has 0 atom stereocenters. The van der Waals surface area contributed by atoms with E-state index in [1.165, 1.54) is 0 Å². The molecule has 0 aliphatic carbocycles. The van der Waals surface area contributed by atoms with Gasteiger partial charge in [-0.1, -0.05) is 23.6 Å². The second-order valence-corrected chi connectivity index (χ2v) is 2.80. The Hall–Kier alpha value is -0.705. The van der Waals surface area contributed by atoms with Crippen LogP contribution in [0.15, 0.2) is 30.3 Å². The summed E-state index contributed by atoms with van der Waals surface area (Å²) in [6, 6.07) is 8.90. The van der Waals surface area contributed by atoms with Gasteiger partial charge < -0.3 is 14.5 Å². The smallest absolute Gasteiger partial charge is 0.529 e. The number of benzene rings is 1. The predicted molar refractivity (Wildman–Crippen MR) is 47.2 cm³/mol. The summed E-state index contributed by atoms with van der Waals surface area (Å²) in [6.45, 7) is 3.62. The molecule has 3 nitrogen and oxygen atoms in total. The van der Waals surface area contributed by atoms with Crippen LogP contribution in [0.2, 0.25) is 0 Å².